The molecule has 26 heavy (non-hydrogen) atoms. The third kappa shape index (κ3) is 3.55. The fourth-order valence-electron chi connectivity index (χ4n) is 2.31. The average Bonchev–Trinajstić information content (AvgIpc) is 3.04. The molecular formula is C17H18N4O3S2. The van der Waals surface area contributed by atoms with Crippen LogP contribution < -0.4 is 10.9 Å². The topological polar surface area (TPSA) is 91.4 Å². The number of aryl methyl sites for hydroxylation is 1. The zero-order valence-corrected chi connectivity index (χ0v) is 16.1. The lowest BCUT2D eigenvalue weighted by Gasteiger charge is -2.11. The second-order valence-corrected chi connectivity index (χ2v) is 9.01. The number of nitrogens with zero attached hydrogens (tertiary/aromatic N) is 2. The van der Waals surface area contributed by atoms with Crippen LogP contribution in [-0.2, 0) is 10.0 Å². The summed E-state index contributed by atoms with van der Waals surface area (Å²) in [6.07, 6.45) is 0. The number of hydrogen-bond donors (Lipinski definition) is 2. The number of fused-ring (bicyclic) bond motifs is 1. The van der Waals surface area contributed by atoms with Crippen molar-refractivity contribution in [1.82, 2.24) is 14.7 Å². The maximum Gasteiger partial charge on any atom is 0.269 e. The largest absolute Gasteiger partial charge is 0.273 e. The van der Waals surface area contributed by atoms with Gasteiger partial charge in [0.15, 0.2) is 0 Å². The van der Waals surface area contributed by atoms with Crippen molar-refractivity contribution in [2.24, 2.45) is 0 Å². The highest BCUT2D eigenvalue weighted by molar-refractivity contribution is 7.89. The van der Waals surface area contributed by atoms with E-state index in [1.54, 1.807) is 0 Å². The fraction of sp³-hybridized carbons (Fsp3) is 0.176. The van der Waals surface area contributed by atoms with Gasteiger partial charge in [-0.25, -0.2) is 17.7 Å². The Labute approximate surface area is 155 Å². The van der Waals surface area contributed by atoms with E-state index in [0.29, 0.717) is 10.7 Å². The molecule has 136 valence electrons. The molecule has 0 spiro atoms. The van der Waals surface area contributed by atoms with Crippen molar-refractivity contribution in [3.05, 3.63) is 53.6 Å². The summed E-state index contributed by atoms with van der Waals surface area (Å²) in [6.45, 7) is 1.98. The van der Waals surface area contributed by atoms with E-state index in [2.05, 4.69) is 15.8 Å². The van der Waals surface area contributed by atoms with Crippen LogP contribution in [-0.4, -0.2) is 37.7 Å². The van der Waals surface area contributed by atoms with Gasteiger partial charge in [0, 0.05) is 19.7 Å². The molecule has 9 heteroatoms. The van der Waals surface area contributed by atoms with Crippen LogP contribution in [0.4, 0.5) is 5.13 Å². The van der Waals surface area contributed by atoms with E-state index in [1.165, 1.54) is 49.7 Å². The molecule has 7 nitrogen and oxygen atoms in total. The Morgan fingerprint density at radius 1 is 1.12 bits per heavy atom. The molecule has 1 amide bonds. The van der Waals surface area contributed by atoms with Gasteiger partial charge in [-0.05, 0) is 42.8 Å². The van der Waals surface area contributed by atoms with Crippen LogP contribution in [0.25, 0.3) is 10.2 Å². The lowest BCUT2D eigenvalue weighted by Crippen LogP contribution is -2.29. The Hall–Kier alpha value is -2.49. The fourth-order valence-corrected chi connectivity index (χ4v) is 4.11. The molecule has 0 saturated carbocycles. The molecule has 1 aromatic heterocycles. The molecule has 0 atom stereocenters. The van der Waals surface area contributed by atoms with Crippen molar-refractivity contribution in [3.63, 3.8) is 0 Å². The first-order valence-corrected chi connectivity index (χ1v) is 10.00. The van der Waals surface area contributed by atoms with E-state index in [-0.39, 0.29) is 10.8 Å². The van der Waals surface area contributed by atoms with Gasteiger partial charge < -0.3 is 0 Å². The number of amides is 1. The molecule has 0 unspecified atom stereocenters. The standard InChI is InChI=1S/C17H18N4O3S2/c1-11-5-4-6-14-15(11)18-17(25-14)20-19-16(22)12-7-9-13(10-8-12)26(23,24)21(2)3/h4-10H,1-3H3,(H,18,20)(H,19,22). The summed E-state index contributed by atoms with van der Waals surface area (Å²) in [4.78, 5) is 16.8. The number of benzene rings is 2. The summed E-state index contributed by atoms with van der Waals surface area (Å²) in [5.74, 6) is -0.380. The zero-order chi connectivity index (χ0) is 18.9. The molecule has 0 aliphatic carbocycles. The number of sulfonamides is 1. The van der Waals surface area contributed by atoms with Gasteiger partial charge in [-0.3, -0.25) is 15.6 Å². The molecule has 0 fully saturated rings. The molecular weight excluding hydrogens is 372 g/mol. The van der Waals surface area contributed by atoms with Gasteiger partial charge in [0.2, 0.25) is 15.2 Å². The normalized spacial score (nSPS) is 11.7. The second kappa shape index (κ2) is 7.02. The minimum absolute atomic E-state index is 0.133. The third-order valence-electron chi connectivity index (χ3n) is 3.80. The number of hydrazine groups is 1. The van der Waals surface area contributed by atoms with E-state index in [0.717, 1.165) is 20.1 Å². The monoisotopic (exact) mass is 390 g/mol. The van der Waals surface area contributed by atoms with Gasteiger partial charge in [0.25, 0.3) is 5.91 Å². The predicted molar refractivity (Wildman–Crippen MR) is 103 cm³/mol. The summed E-state index contributed by atoms with van der Waals surface area (Å²) in [6, 6.07) is 11.7. The van der Waals surface area contributed by atoms with Gasteiger partial charge >= 0.3 is 0 Å². The average molecular weight is 390 g/mol. The number of hydrogen-bond acceptors (Lipinski definition) is 6. The molecule has 0 saturated heterocycles. The molecule has 0 aliphatic rings. The molecule has 3 aromatic rings. The summed E-state index contributed by atoms with van der Waals surface area (Å²) in [5.41, 5.74) is 7.68. The summed E-state index contributed by atoms with van der Waals surface area (Å²) in [7, 11) is -0.600. The van der Waals surface area contributed by atoms with Crippen LogP contribution >= 0.6 is 11.3 Å². The number of thiazole rings is 1. The quantitative estimate of drug-likeness (QED) is 0.654. The smallest absolute Gasteiger partial charge is 0.269 e. The van der Waals surface area contributed by atoms with Gasteiger partial charge in [0.05, 0.1) is 15.1 Å². The number of para-hydroxylation sites is 1. The van der Waals surface area contributed by atoms with E-state index in [4.69, 9.17) is 0 Å². The minimum atomic E-state index is -3.52. The van der Waals surface area contributed by atoms with E-state index in [9.17, 15) is 13.2 Å². The van der Waals surface area contributed by atoms with Crippen LogP contribution in [0.3, 0.4) is 0 Å². The summed E-state index contributed by atoms with van der Waals surface area (Å²) < 4.78 is 26.2. The van der Waals surface area contributed by atoms with Crippen LogP contribution in [0.15, 0.2) is 47.4 Å². The lowest BCUT2D eigenvalue weighted by molar-refractivity contribution is 0.0962. The molecule has 0 radical (unpaired) electrons. The van der Waals surface area contributed by atoms with Crippen molar-refractivity contribution < 1.29 is 13.2 Å². The number of carbonyl (C=O) groups is 1. The van der Waals surface area contributed by atoms with Crippen molar-refractivity contribution in [3.8, 4) is 0 Å². The molecule has 0 bridgehead atoms. The Morgan fingerprint density at radius 2 is 1.81 bits per heavy atom. The first-order valence-electron chi connectivity index (χ1n) is 7.74. The Balaban J connectivity index is 1.71. The predicted octanol–water partition coefficient (Wildman–Crippen LogP) is 2.61. The van der Waals surface area contributed by atoms with Gasteiger partial charge in [-0.1, -0.05) is 23.5 Å². The first-order chi connectivity index (χ1) is 12.3. The molecule has 2 aromatic carbocycles. The Morgan fingerprint density at radius 3 is 2.42 bits per heavy atom. The minimum Gasteiger partial charge on any atom is -0.273 e. The van der Waals surface area contributed by atoms with Crippen LogP contribution in [0.2, 0.25) is 0 Å². The number of nitrogens with one attached hydrogen (secondary N) is 2. The van der Waals surface area contributed by atoms with Crippen LogP contribution in [0.1, 0.15) is 15.9 Å². The lowest BCUT2D eigenvalue weighted by atomic mass is 10.2. The van der Waals surface area contributed by atoms with Gasteiger partial charge in [-0.2, -0.15) is 0 Å². The van der Waals surface area contributed by atoms with Crippen LogP contribution in [0, 0.1) is 6.92 Å². The maximum absolute atomic E-state index is 12.2. The Kier molecular flexibility index (Phi) is 4.94. The highest BCUT2D eigenvalue weighted by Gasteiger charge is 2.17. The van der Waals surface area contributed by atoms with Gasteiger partial charge in [-0.15, -0.1) is 0 Å². The van der Waals surface area contributed by atoms with Crippen LogP contribution in [0.5, 0.6) is 0 Å². The third-order valence-corrected chi connectivity index (χ3v) is 6.56. The number of carbonyl (C=O) groups excluding carboxylic acids is 1. The van der Waals surface area contributed by atoms with E-state index < -0.39 is 10.0 Å². The maximum atomic E-state index is 12.2. The second-order valence-electron chi connectivity index (χ2n) is 5.83. The van der Waals surface area contributed by atoms with Crippen molar-refractivity contribution in [2.45, 2.75) is 11.8 Å². The number of rotatable bonds is 5. The SMILES string of the molecule is Cc1cccc2sc(NNC(=O)c3ccc(S(=O)(=O)N(C)C)cc3)nc12. The van der Waals surface area contributed by atoms with E-state index >= 15 is 0 Å². The van der Waals surface area contributed by atoms with Gasteiger partial charge in [0.1, 0.15) is 0 Å². The van der Waals surface area contributed by atoms with Crippen molar-refractivity contribution in [2.75, 3.05) is 19.5 Å². The first kappa shape index (κ1) is 18.3. The number of aromatic nitrogens is 1. The molecule has 3 rings (SSSR count). The summed E-state index contributed by atoms with van der Waals surface area (Å²) in [5, 5.41) is 0.578. The van der Waals surface area contributed by atoms with E-state index in [1.807, 2.05) is 25.1 Å². The van der Waals surface area contributed by atoms with Crippen molar-refractivity contribution >= 4 is 42.6 Å². The van der Waals surface area contributed by atoms with Crippen molar-refractivity contribution in [1.29, 1.82) is 0 Å². The number of anilines is 1. The zero-order valence-electron chi connectivity index (χ0n) is 14.5. The highest BCUT2D eigenvalue weighted by atomic mass is 32.2. The highest BCUT2D eigenvalue weighted by Crippen LogP contribution is 2.27. The molecule has 0 aliphatic heterocycles. The summed E-state index contributed by atoms with van der Waals surface area (Å²) >= 11 is 1.44. The molecule has 1 heterocycles. The molecule has 2 N–H and O–H groups in total. The Bertz CT molecular complexity index is 1060.